The van der Waals surface area contributed by atoms with Crippen molar-refractivity contribution in [1.29, 1.82) is 5.26 Å². The number of nitrogens with one attached hydrogen (secondary N) is 1. The summed E-state index contributed by atoms with van der Waals surface area (Å²) < 4.78 is 14.1. The molecule has 4 heteroatoms. The van der Waals surface area contributed by atoms with Crippen LogP contribution >= 0.6 is 15.9 Å². The maximum atomic E-state index is 13.1. The number of halogens is 2. The molecule has 0 spiro atoms. The van der Waals surface area contributed by atoms with E-state index in [0.717, 1.165) is 15.7 Å². The third kappa shape index (κ3) is 3.82. The Hall–Kier alpha value is -1.86. The summed E-state index contributed by atoms with van der Waals surface area (Å²) >= 11 is 3.39. The highest BCUT2D eigenvalue weighted by Crippen LogP contribution is 2.22. The average molecular weight is 333 g/mol. The van der Waals surface area contributed by atoms with Gasteiger partial charge in [0.05, 0.1) is 11.3 Å². The van der Waals surface area contributed by atoms with Crippen molar-refractivity contribution in [2.75, 3.05) is 5.32 Å². The van der Waals surface area contributed by atoms with E-state index in [0.29, 0.717) is 12.0 Å². The van der Waals surface area contributed by atoms with E-state index in [2.05, 4.69) is 27.3 Å². The van der Waals surface area contributed by atoms with Gasteiger partial charge in [0, 0.05) is 10.5 Å². The second-order valence-corrected chi connectivity index (χ2v) is 5.60. The molecule has 0 fully saturated rings. The number of nitrogens with zero attached hydrogens (tertiary/aromatic N) is 1. The van der Waals surface area contributed by atoms with Gasteiger partial charge in [-0.15, -0.1) is 0 Å². The van der Waals surface area contributed by atoms with Crippen LogP contribution in [0.2, 0.25) is 0 Å². The highest BCUT2D eigenvalue weighted by atomic mass is 79.9. The van der Waals surface area contributed by atoms with Crippen molar-refractivity contribution < 1.29 is 4.39 Å². The molecule has 0 aliphatic rings. The molecule has 2 nitrogen and oxygen atoms in total. The van der Waals surface area contributed by atoms with Crippen molar-refractivity contribution in [1.82, 2.24) is 0 Å². The molecule has 102 valence electrons. The van der Waals surface area contributed by atoms with Crippen LogP contribution in [0.5, 0.6) is 0 Å². The Labute approximate surface area is 126 Å². The molecule has 0 saturated heterocycles. The first-order valence-electron chi connectivity index (χ1n) is 6.29. The van der Waals surface area contributed by atoms with Gasteiger partial charge in [-0.1, -0.05) is 28.1 Å². The second kappa shape index (κ2) is 6.53. The predicted molar refractivity (Wildman–Crippen MR) is 82.0 cm³/mol. The Bertz CT molecular complexity index is 649. The smallest absolute Gasteiger partial charge is 0.123 e. The monoisotopic (exact) mass is 332 g/mol. The molecular formula is C16H14BrFN2. The molecule has 0 aromatic heterocycles. The van der Waals surface area contributed by atoms with Gasteiger partial charge in [-0.05, 0) is 49.2 Å². The molecule has 0 heterocycles. The zero-order chi connectivity index (χ0) is 14.5. The number of hydrogen-bond acceptors (Lipinski definition) is 2. The van der Waals surface area contributed by atoms with Crippen LogP contribution in [-0.2, 0) is 6.42 Å². The second-order valence-electron chi connectivity index (χ2n) is 4.68. The molecule has 1 atom stereocenters. The molecule has 2 aromatic rings. The van der Waals surface area contributed by atoms with E-state index in [1.165, 1.54) is 12.1 Å². The van der Waals surface area contributed by atoms with E-state index in [1.807, 2.05) is 25.1 Å². The van der Waals surface area contributed by atoms with Gasteiger partial charge in [-0.2, -0.15) is 5.26 Å². The minimum Gasteiger partial charge on any atom is -0.381 e. The van der Waals surface area contributed by atoms with E-state index in [9.17, 15) is 4.39 Å². The summed E-state index contributed by atoms with van der Waals surface area (Å²) in [6.45, 7) is 2.01. The van der Waals surface area contributed by atoms with Gasteiger partial charge in [0.15, 0.2) is 0 Å². The molecule has 0 amide bonds. The fraction of sp³-hybridized carbons (Fsp3) is 0.188. The molecule has 0 saturated carbocycles. The van der Waals surface area contributed by atoms with Gasteiger partial charge in [-0.25, -0.2) is 4.39 Å². The normalized spacial score (nSPS) is 11.7. The third-order valence-corrected chi connectivity index (χ3v) is 3.43. The molecule has 0 aliphatic heterocycles. The third-order valence-electron chi connectivity index (χ3n) is 2.93. The highest BCUT2D eigenvalue weighted by Gasteiger charge is 2.08. The molecule has 1 unspecified atom stereocenters. The summed E-state index contributed by atoms with van der Waals surface area (Å²) in [6, 6.07) is 14.3. The van der Waals surface area contributed by atoms with Gasteiger partial charge in [0.25, 0.3) is 0 Å². The molecule has 1 N–H and O–H groups in total. The Morgan fingerprint density at radius 2 is 2.10 bits per heavy atom. The molecule has 0 bridgehead atoms. The fourth-order valence-corrected chi connectivity index (χ4v) is 2.43. The van der Waals surface area contributed by atoms with Crippen LogP contribution in [0.25, 0.3) is 0 Å². The van der Waals surface area contributed by atoms with Crippen molar-refractivity contribution in [3.05, 3.63) is 63.9 Å². The number of hydrogen-bond donors (Lipinski definition) is 1. The van der Waals surface area contributed by atoms with Crippen molar-refractivity contribution in [3.63, 3.8) is 0 Å². The fourth-order valence-electron chi connectivity index (χ4n) is 2.07. The summed E-state index contributed by atoms with van der Waals surface area (Å²) in [4.78, 5) is 0. The maximum Gasteiger partial charge on any atom is 0.123 e. The molecule has 2 rings (SSSR count). The summed E-state index contributed by atoms with van der Waals surface area (Å²) in [5.74, 6) is -0.227. The number of benzene rings is 2. The first kappa shape index (κ1) is 14.5. The van der Waals surface area contributed by atoms with E-state index in [-0.39, 0.29) is 11.9 Å². The van der Waals surface area contributed by atoms with Crippen LogP contribution in [0.1, 0.15) is 18.1 Å². The number of anilines is 1. The van der Waals surface area contributed by atoms with Crippen molar-refractivity contribution >= 4 is 21.6 Å². The quantitative estimate of drug-likeness (QED) is 0.894. The summed E-state index contributed by atoms with van der Waals surface area (Å²) in [6.07, 6.45) is 0.690. The molecule has 0 aliphatic carbocycles. The Morgan fingerprint density at radius 1 is 1.30 bits per heavy atom. The Morgan fingerprint density at radius 3 is 2.80 bits per heavy atom. The maximum absolute atomic E-state index is 13.1. The van der Waals surface area contributed by atoms with Gasteiger partial charge >= 0.3 is 0 Å². The van der Waals surface area contributed by atoms with Crippen molar-refractivity contribution in [3.8, 4) is 6.07 Å². The largest absolute Gasteiger partial charge is 0.381 e. The lowest BCUT2D eigenvalue weighted by atomic mass is 10.1. The zero-order valence-corrected chi connectivity index (χ0v) is 12.6. The van der Waals surface area contributed by atoms with Gasteiger partial charge in [0.1, 0.15) is 11.9 Å². The number of nitriles is 1. The number of rotatable bonds is 4. The van der Waals surface area contributed by atoms with Gasteiger partial charge in [-0.3, -0.25) is 0 Å². The summed E-state index contributed by atoms with van der Waals surface area (Å²) in [5, 5.41) is 12.4. The average Bonchev–Trinajstić information content (AvgIpc) is 2.38. The SMILES string of the molecule is CC(Cc1cccc(F)c1)Nc1cc(Br)ccc1C#N. The standard InChI is InChI=1S/C16H14BrFN2/c1-11(7-12-3-2-4-15(18)8-12)20-16-9-14(17)6-5-13(16)10-19/h2-6,8-9,11,20H,7H2,1H3. The highest BCUT2D eigenvalue weighted by molar-refractivity contribution is 9.10. The Kier molecular flexibility index (Phi) is 4.75. The molecule has 2 aromatic carbocycles. The molecular weight excluding hydrogens is 319 g/mol. The first-order chi connectivity index (χ1) is 9.58. The lowest BCUT2D eigenvalue weighted by Gasteiger charge is -2.16. The topological polar surface area (TPSA) is 35.8 Å². The Balaban J connectivity index is 2.10. The summed E-state index contributed by atoms with van der Waals surface area (Å²) in [7, 11) is 0. The first-order valence-corrected chi connectivity index (χ1v) is 7.08. The van der Waals surface area contributed by atoms with Gasteiger partial charge < -0.3 is 5.32 Å². The van der Waals surface area contributed by atoms with Crippen LogP contribution in [0, 0.1) is 17.1 Å². The van der Waals surface area contributed by atoms with Crippen LogP contribution in [0.3, 0.4) is 0 Å². The summed E-state index contributed by atoms with van der Waals surface area (Å²) in [5.41, 5.74) is 2.31. The lowest BCUT2D eigenvalue weighted by molar-refractivity contribution is 0.624. The minimum atomic E-state index is -0.227. The van der Waals surface area contributed by atoms with E-state index in [4.69, 9.17) is 5.26 Å². The zero-order valence-electron chi connectivity index (χ0n) is 11.0. The molecule has 20 heavy (non-hydrogen) atoms. The van der Waals surface area contributed by atoms with Crippen LogP contribution in [0.4, 0.5) is 10.1 Å². The minimum absolute atomic E-state index is 0.0956. The van der Waals surface area contributed by atoms with E-state index >= 15 is 0 Å². The van der Waals surface area contributed by atoms with Crippen LogP contribution in [0.15, 0.2) is 46.9 Å². The lowest BCUT2D eigenvalue weighted by Crippen LogP contribution is -2.18. The van der Waals surface area contributed by atoms with Crippen molar-refractivity contribution in [2.45, 2.75) is 19.4 Å². The van der Waals surface area contributed by atoms with E-state index in [1.54, 1.807) is 12.1 Å². The predicted octanol–water partition coefficient (Wildman–Crippen LogP) is 4.50. The van der Waals surface area contributed by atoms with Crippen LogP contribution < -0.4 is 5.32 Å². The molecule has 0 radical (unpaired) electrons. The van der Waals surface area contributed by atoms with E-state index < -0.39 is 0 Å². The van der Waals surface area contributed by atoms with Crippen molar-refractivity contribution in [2.24, 2.45) is 0 Å². The van der Waals surface area contributed by atoms with Crippen LogP contribution in [-0.4, -0.2) is 6.04 Å². The van der Waals surface area contributed by atoms with Gasteiger partial charge in [0.2, 0.25) is 0 Å².